The third-order valence-corrected chi connectivity index (χ3v) is 1.97. The first kappa shape index (κ1) is 13.2. The summed E-state index contributed by atoms with van der Waals surface area (Å²) in [7, 11) is 0. The maximum absolute atomic E-state index is 12.4. The maximum atomic E-state index is 12.4. The molecular weight excluding hydrogens is 247 g/mol. The molecule has 0 atom stereocenters. The molecule has 0 aliphatic rings. The minimum absolute atomic E-state index is 0.421. The van der Waals surface area contributed by atoms with Crippen molar-refractivity contribution in [2.24, 2.45) is 0 Å². The molecule has 1 heterocycles. The van der Waals surface area contributed by atoms with Gasteiger partial charge in [0.2, 0.25) is 0 Å². The smallest absolute Gasteiger partial charge is 0.357 e. The van der Waals surface area contributed by atoms with Crippen molar-refractivity contribution in [3.8, 4) is 6.07 Å². The van der Waals surface area contributed by atoms with Gasteiger partial charge in [0.15, 0.2) is 5.43 Å². The van der Waals surface area contributed by atoms with Gasteiger partial charge in [0.05, 0.1) is 18.1 Å². The lowest BCUT2D eigenvalue weighted by Gasteiger charge is -2.12. The third kappa shape index (κ3) is 2.61. The Bertz CT molecular complexity index is 512. The fourth-order valence-electron chi connectivity index (χ4n) is 1.25. The molecule has 0 aliphatic carbocycles. The Kier molecular flexibility index (Phi) is 3.50. The highest BCUT2D eigenvalue weighted by atomic mass is 19.4. The fourth-order valence-corrected chi connectivity index (χ4v) is 1.25. The summed E-state index contributed by atoms with van der Waals surface area (Å²) in [6.07, 6.45) is -8.54. The third-order valence-electron chi connectivity index (χ3n) is 1.97. The average molecular weight is 252 g/mol. The Morgan fingerprint density at radius 3 is 2.41 bits per heavy atom. The Morgan fingerprint density at radius 1 is 1.41 bits per heavy atom. The van der Waals surface area contributed by atoms with Crippen LogP contribution in [0.5, 0.6) is 0 Å². The number of nitriles is 1. The number of pyridine rings is 1. The van der Waals surface area contributed by atoms with Crippen molar-refractivity contribution in [1.29, 1.82) is 5.26 Å². The zero-order chi connectivity index (χ0) is 13.2. The summed E-state index contributed by atoms with van der Waals surface area (Å²) in [6, 6.07) is 1.50. The number of halogens is 5. The Labute approximate surface area is 91.5 Å². The molecule has 1 rings (SSSR count). The van der Waals surface area contributed by atoms with Gasteiger partial charge in [-0.05, 0) is 0 Å². The van der Waals surface area contributed by atoms with Gasteiger partial charge >= 0.3 is 6.18 Å². The molecule has 0 saturated carbocycles. The summed E-state index contributed by atoms with van der Waals surface area (Å²) in [5.74, 6) is 0. The topological polar surface area (TPSA) is 56.6 Å². The van der Waals surface area contributed by atoms with Crippen LogP contribution in [0.4, 0.5) is 22.0 Å². The number of rotatable bonds is 2. The van der Waals surface area contributed by atoms with Crippen LogP contribution in [0.1, 0.15) is 23.2 Å². The van der Waals surface area contributed by atoms with Gasteiger partial charge in [0.25, 0.3) is 6.43 Å². The van der Waals surface area contributed by atoms with Crippen LogP contribution in [0, 0.1) is 11.3 Å². The van der Waals surface area contributed by atoms with E-state index in [0.29, 0.717) is 6.20 Å². The summed E-state index contributed by atoms with van der Waals surface area (Å²) in [6.45, 7) is 0. The van der Waals surface area contributed by atoms with Crippen LogP contribution in [0.25, 0.3) is 0 Å². The van der Waals surface area contributed by atoms with E-state index in [2.05, 4.69) is 0 Å². The molecule has 0 amide bonds. The van der Waals surface area contributed by atoms with Crippen molar-refractivity contribution < 1.29 is 22.0 Å². The number of aromatic amines is 1. The number of aromatic nitrogens is 1. The monoisotopic (exact) mass is 252 g/mol. The van der Waals surface area contributed by atoms with Crippen molar-refractivity contribution in [2.75, 3.05) is 0 Å². The number of H-pyrrole nitrogens is 1. The summed E-state index contributed by atoms with van der Waals surface area (Å²) >= 11 is 0. The van der Waals surface area contributed by atoms with Gasteiger partial charge in [-0.25, -0.2) is 8.78 Å². The van der Waals surface area contributed by atoms with Gasteiger partial charge in [-0.2, -0.15) is 18.4 Å². The van der Waals surface area contributed by atoms with Gasteiger partial charge in [-0.15, -0.1) is 0 Å². The molecule has 92 valence electrons. The SMILES string of the molecule is N#CCc1c[nH]c(C(F)(F)F)c(C(F)F)c1=O. The Balaban J connectivity index is 3.53. The van der Waals surface area contributed by atoms with Gasteiger partial charge in [-0.1, -0.05) is 0 Å². The number of hydrogen-bond acceptors (Lipinski definition) is 2. The summed E-state index contributed by atoms with van der Waals surface area (Å²) in [4.78, 5) is 12.9. The van der Waals surface area contributed by atoms with E-state index < -0.39 is 41.3 Å². The molecule has 1 aromatic rings. The fraction of sp³-hybridized carbons (Fsp3) is 0.333. The van der Waals surface area contributed by atoms with Crippen LogP contribution < -0.4 is 5.43 Å². The molecule has 0 bridgehead atoms. The minimum Gasteiger partial charge on any atom is -0.357 e. The first-order valence-electron chi connectivity index (χ1n) is 4.25. The zero-order valence-corrected chi connectivity index (χ0v) is 8.11. The van der Waals surface area contributed by atoms with Crippen LogP contribution in [-0.4, -0.2) is 4.98 Å². The Hall–Kier alpha value is -1.91. The van der Waals surface area contributed by atoms with E-state index in [0.717, 1.165) is 0 Å². The molecular formula is C9H5F5N2O. The first-order chi connectivity index (χ1) is 7.79. The van der Waals surface area contributed by atoms with Crippen LogP contribution in [0.2, 0.25) is 0 Å². The van der Waals surface area contributed by atoms with E-state index >= 15 is 0 Å². The maximum Gasteiger partial charge on any atom is 0.431 e. The first-order valence-corrected chi connectivity index (χ1v) is 4.25. The summed E-state index contributed by atoms with van der Waals surface area (Å²) < 4.78 is 61.9. The number of nitrogens with one attached hydrogen (secondary N) is 1. The van der Waals surface area contributed by atoms with E-state index in [1.54, 1.807) is 4.98 Å². The van der Waals surface area contributed by atoms with E-state index in [-0.39, 0.29) is 0 Å². The molecule has 3 nitrogen and oxygen atoms in total. The highest BCUT2D eigenvalue weighted by Gasteiger charge is 2.38. The summed E-state index contributed by atoms with van der Waals surface area (Å²) in [5, 5.41) is 8.29. The quantitative estimate of drug-likeness (QED) is 0.821. The number of alkyl halides is 5. The summed E-state index contributed by atoms with van der Waals surface area (Å²) in [5.41, 5.74) is -5.30. The zero-order valence-electron chi connectivity index (χ0n) is 8.11. The lowest BCUT2D eigenvalue weighted by Crippen LogP contribution is -2.23. The Morgan fingerprint density at radius 2 is 2.00 bits per heavy atom. The van der Waals surface area contributed by atoms with Crippen molar-refractivity contribution >= 4 is 0 Å². The normalized spacial score (nSPS) is 11.6. The standard InChI is InChI=1S/C9H5F5N2O/c10-8(11)5-6(17)4(1-2-15)3-16-7(5)9(12,13)14/h3,8H,1H2,(H,16,17). The van der Waals surface area contributed by atoms with Crippen molar-refractivity contribution in [2.45, 2.75) is 19.0 Å². The molecule has 17 heavy (non-hydrogen) atoms. The van der Waals surface area contributed by atoms with Crippen LogP contribution in [-0.2, 0) is 12.6 Å². The van der Waals surface area contributed by atoms with E-state index in [1.807, 2.05) is 0 Å². The highest BCUT2D eigenvalue weighted by Crippen LogP contribution is 2.33. The lowest BCUT2D eigenvalue weighted by atomic mass is 10.1. The second-order valence-corrected chi connectivity index (χ2v) is 3.07. The van der Waals surface area contributed by atoms with Crippen LogP contribution >= 0.6 is 0 Å². The molecule has 0 unspecified atom stereocenters. The van der Waals surface area contributed by atoms with Crippen LogP contribution in [0.15, 0.2) is 11.0 Å². The molecule has 0 spiro atoms. The van der Waals surface area contributed by atoms with Gasteiger partial charge in [-0.3, -0.25) is 4.79 Å². The van der Waals surface area contributed by atoms with Crippen molar-refractivity contribution in [3.05, 3.63) is 33.2 Å². The van der Waals surface area contributed by atoms with E-state index in [1.165, 1.54) is 6.07 Å². The second kappa shape index (κ2) is 4.53. The lowest BCUT2D eigenvalue weighted by molar-refractivity contribution is -0.143. The molecule has 1 N–H and O–H groups in total. The van der Waals surface area contributed by atoms with Gasteiger partial charge in [0.1, 0.15) is 5.69 Å². The molecule has 0 aliphatic heterocycles. The number of nitrogens with zero attached hydrogens (tertiary/aromatic N) is 1. The predicted molar refractivity (Wildman–Crippen MR) is 46.3 cm³/mol. The highest BCUT2D eigenvalue weighted by molar-refractivity contribution is 5.30. The van der Waals surface area contributed by atoms with Crippen LogP contribution in [0.3, 0.4) is 0 Å². The second-order valence-electron chi connectivity index (χ2n) is 3.07. The van der Waals surface area contributed by atoms with Crippen molar-refractivity contribution in [1.82, 2.24) is 4.98 Å². The van der Waals surface area contributed by atoms with Crippen molar-refractivity contribution in [3.63, 3.8) is 0 Å². The largest absolute Gasteiger partial charge is 0.431 e. The van der Waals surface area contributed by atoms with E-state index in [9.17, 15) is 26.7 Å². The molecule has 8 heteroatoms. The minimum atomic E-state index is -5.07. The predicted octanol–water partition coefficient (Wildman–Crippen LogP) is 2.40. The molecule has 0 saturated heterocycles. The van der Waals surface area contributed by atoms with Gasteiger partial charge < -0.3 is 4.98 Å². The van der Waals surface area contributed by atoms with Gasteiger partial charge in [0, 0.05) is 11.8 Å². The molecule has 1 aromatic heterocycles. The van der Waals surface area contributed by atoms with E-state index in [4.69, 9.17) is 5.26 Å². The molecule has 0 fully saturated rings. The average Bonchev–Trinajstić information content (AvgIpc) is 2.18. The molecule has 0 aromatic carbocycles. The number of hydrogen-bond donors (Lipinski definition) is 1. The molecule has 0 radical (unpaired) electrons.